The van der Waals surface area contributed by atoms with Crippen LogP contribution < -0.4 is 10.6 Å². The lowest BCUT2D eigenvalue weighted by molar-refractivity contribution is 0.184. The van der Waals surface area contributed by atoms with Crippen LogP contribution in [0, 0.1) is 5.92 Å². The van der Waals surface area contributed by atoms with Crippen LogP contribution in [0.2, 0.25) is 0 Å². The zero-order valence-corrected chi connectivity index (χ0v) is 11.8. The zero-order valence-electron chi connectivity index (χ0n) is 11.8. The van der Waals surface area contributed by atoms with E-state index in [9.17, 15) is 5.11 Å². The molecule has 0 aliphatic carbocycles. The van der Waals surface area contributed by atoms with Gasteiger partial charge in [0.25, 0.3) is 0 Å². The molecule has 2 unspecified atom stereocenters. The first-order valence-corrected chi connectivity index (χ1v) is 7.16. The summed E-state index contributed by atoms with van der Waals surface area (Å²) >= 11 is 0. The minimum Gasteiger partial charge on any atom is -0.393 e. The quantitative estimate of drug-likeness (QED) is 0.730. The summed E-state index contributed by atoms with van der Waals surface area (Å²) in [7, 11) is 0. The molecule has 1 saturated heterocycles. The highest BCUT2D eigenvalue weighted by atomic mass is 16.3. The molecule has 2 heterocycles. The summed E-state index contributed by atoms with van der Waals surface area (Å²) in [4.78, 5) is 6.70. The largest absolute Gasteiger partial charge is 0.393 e. The van der Waals surface area contributed by atoms with Gasteiger partial charge >= 0.3 is 0 Å². The van der Waals surface area contributed by atoms with Crippen molar-refractivity contribution in [3.05, 3.63) is 5.82 Å². The molecule has 0 aromatic carbocycles. The van der Waals surface area contributed by atoms with Crippen LogP contribution in [0.5, 0.6) is 0 Å². The average Bonchev–Trinajstić information content (AvgIpc) is 2.85. The van der Waals surface area contributed by atoms with E-state index in [0.29, 0.717) is 12.3 Å². The molecule has 0 radical (unpaired) electrons. The highest BCUT2D eigenvalue weighted by molar-refractivity contribution is 5.29. The molecule has 1 aromatic rings. The molecular formula is C13H25N5O. The van der Waals surface area contributed by atoms with Crippen molar-refractivity contribution in [1.29, 1.82) is 0 Å². The molecule has 0 saturated carbocycles. The van der Waals surface area contributed by atoms with Gasteiger partial charge in [-0.1, -0.05) is 0 Å². The lowest BCUT2D eigenvalue weighted by Crippen LogP contribution is -2.40. The van der Waals surface area contributed by atoms with E-state index in [2.05, 4.69) is 27.0 Å². The number of aromatic amines is 1. The molecule has 19 heavy (non-hydrogen) atoms. The standard InChI is InChI=1S/C13H25N5O/c1-9(19)3-4-12-15-13(17-16-12)18-7-5-11(6-8-18)10(2)14/h9-11,19H,3-8,14H2,1-2H3,(H,15,16,17). The summed E-state index contributed by atoms with van der Waals surface area (Å²) in [5.74, 6) is 2.25. The first-order chi connectivity index (χ1) is 9.06. The van der Waals surface area contributed by atoms with Gasteiger partial charge in [0.15, 0.2) is 0 Å². The third-order valence-electron chi connectivity index (χ3n) is 3.88. The minimum absolute atomic E-state index is 0.274. The molecule has 2 rings (SSSR count). The summed E-state index contributed by atoms with van der Waals surface area (Å²) < 4.78 is 0. The molecule has 108 valence electrons. The van der Waals surface area contributed by atoms with Gasteiger partial charge in [0, 0.05) is 25.6 Å². The molecule has 2 atom stereocenters. The predicted octanol–water partition coefficient (Wildman–Crippen LogP) is 0.682. The fourth-order valence-electron chi connectivity index (χ4n) is 2.51. The summed E-state index contributed by atoms with van der Waals surface area (Å²) in [6.45, 7) is 5.82. The monoisotopic (exact) mass is 267 g/mol. The van der Waals surface area contributed by atoms with E-state index in [1.807, 2.05) is 0 Å². The number of aromatic nitrogens is 3. The van der Waals surface area contributed by atoms with Gasteiger partial charge < -0.3 is 15.7 Å². The van der Waals surface area contributed by atoms with E-state index >= 15 is 0 Å². The zero-order chi connectivity index (χ0) is 13.8. The maximum Gasteiger partial charge on any atom is 0.244 e. The summed E-state index contributed by atoms with van der Waals surface area (Å²) in [6.07, 6.45) is 3.36. The van der Waals surface area contributed by atoms with Gasteiger partial charge in [0.05, 0.1) is 6.10 Å². The van der Waals surface area contributed by atoms with Gasteiger partial charge in [-0.3, -0.25) is 5.10 Å². The molecule has 1 fully saturated rings. The molecular weight excluding hydrogens is 242 g/mol. The number of piperidine rings is 1. The van der Waals surface area contributed by atoms with E-state index in [4.69, 9.17) is 5.73 Å². The number of nitrogens with one attached hydrogen (secondary N) is 1. The van der Waals surface area contributed by atoms with Crippen molar-refractivity contribution in [3.8, 4) is 0 Å². The first-order valence-electron chi connectivity index (χ1n) is 7.16. The van der Waals surface area contributed by atoms with Crippen LogP contribution in [0.1, 0.15) is 38.9 Å². The molecule has 6 heteroatoms. The number of rotatable bonds is 5. The lowest BCUT2D eigenvalue weighted by atomic mass is 9.91. The average molecular weight is 267 g/mol. The Balaban J connectivity index is 1.86. The van der Waals surface area contributed by atoms with E-state index in [1.165, 1.54) is 0 Å². The number of aliphatic hydroxyl groups is 1. The molecule has 1 aliphatic rings. The minimum atomic E-state index is -0.296. The van der Waals surface area contributed by atoms with Crippen LogP contribution in [-0.4, -0.2) is 45.5 Å². The third kappa shape index (κ3) is 3.91. The second-order valence-electron chi connectivity index (χ2n) is 5.65. The first kappa shape index (κ1) is 14.3. The van der Waals surface area contributed by atoms with Gasteiger partial charge in [0.2, 0.25) is 5.95 Å². The Hall–Kier alpha value is -1.14. The van der Waals surface area contributed by atoms with Crippen LogP contribution in [0.15, 0.2) is 0 Å². The van der Waals surface area contributed by atoms with E-state index in [-0.39, 0.29) is 12.1 Å². The Morgan fingerprint density at radius 2 is 2.11 bits per heavy atom. The van der Waals surface area contributed by atoms with E-state index in [0.717, 1.165) is 44.1 Å². The molecule has 0 bridgehead atoms. The smallest absolute Gasteiger partial charge is 0.244 e. The van der Waals surface area contributed by atoms with Crippen LogP contribution >= 0.6 is 0 Å². The van der Waals surface area contributed by atoms with Crippen molar-refractivity contribution in [2.24, 2.45) is 11.7 Å². The van der Waals surface area contributed by atoms with Crippen molar-refractivity contribution < 1.29 is 5.11 Å². The molecule has 0 spiro atoms. The molecule has 0 amide bonds. The second-order valence-corrected chi connectivity index (χ2v) is 5.65. The van der Waals surface area contributed by atoms with Crippen LogP contribution in [-0.2, 0) is 6.42 Å². The molecule has 1 aromatic heterocycles. The van der Waals surface area contributed by atoms with Crippen molar-refractivity contribution in [2.45, 2.75) is 51.7 Å². The summed E-state index contributed by atoms with van der Waals surface area (Å²) in [5.41, 5.74) is 5.94. The molecule has 6 nitrogen and oxygen atoms in total. The van der Waals surface area contributed by atoms with Gasteiger partial charge in [0.1, 0.15) is 5.82 Å². The SMILES string of the molecule is CC(O)CCc1nc(N2CCC(C(C)N)CC2)n[nH]1. The van der Waals surface area contributed by atoms with Crippen molar-refractivity contribution in [3.63, 3.8) is 0 Å². The predicted molar refractivity (Wildman–Crippen MR) is 75.0 cm³/mol. The normalized spacial score (nSPS) is 20.5. The van der Waals surface area contributed by atoms with Gasteiger partial charge in [-0.05, 0) is 39.0 Å². The van der Waals surface area contributed by atoms with E-state index < -0.39 is 0 Å². The lowest BCUT2D eigenvalue weighted by Gasteiger charge is -2.32. The van der Waals surface area contributed by atoms with E-state index in [1.54, 1.807) is 6.92 Å². The number of aryl methyl sites for hydroxylation is 1. The highest BCUT2D eigenvalue weighted by Crippen LogP contribution is 2.22. The Labute approximate surface area is 114 Å². The number of nitrogens with two attached hydrogens (primary N) is 1. The van der Waals surface area contributed by atoms with Gasteiger partial charge in [-0.2, -0.15) is 4.98 Å². The van der Waals surface area contributed by atoms with Crippen molar-refractivity contribution in [2.75, 3.05) is 18.0 Å². The van der Waals surface area contributed by atoms with Crippen LogP contribution in [0.25, 0.3) is 0 Å². The number of H-pyrrole nitrogens is 1. The van der Waals surface area contributed by atoms with Gasteiger partial charge in [-0.15, -0.1) is 5.10 Å². The number of hydrogen-bond acceptors (Lipinski definition) is 5. The Kier molecular flexibility index (Phi) is 4.76. The van der Waals surface area contributed by atoms with Crippen LogP contribution in [0.4, 0.5) is 5.95 Å². The fourth-order valence-corrected chi connectivity index (χ4v) is 2.51. The Morgan fingerprint density at radius 1 is 1.42 bits per heavy atom. The molecule has 1 aliphatic heterocycles. The fraction of sp³-hybridized carbons (Fsp3) is 0.846. The summed E-state index contributed by atoms with van der Waals surface area (Å²) in [5, 5.41) is 16.5. The Morgan fingerprint density at radius 3 is 2.68 bits per heavy atom. The Bertz CT molecular complexity index is 382. The second kappa shape index (κ2) is 6.34. The highest BCUT2D eigenvalue weighted by Gasteiger charge is 2.23. The maximum absolute atomic E-state index is 9.27. The number of hydrogen-bond donors (Lipinski definition) is 3. The number of nitrogens with zero attached hydrogens (tertiary/aromatic N) is 3. The third-order valence-corrected chi connectivity index (χ3v) is 3.88. The number of anilines is 1. The van der Waals surface area contributed by atoms with Crippen molar-refractivity contribution >= 4 is 5.95 Å². The topological polar surface area (TPSA) is 91.1 Å². The van der Waals surface area contributed by atoms with Crippen molar-refractivity contribution in [1.82, 2.24) is 15.2 Å². The summed E-state index contributed by atoms with van der Waals surface area (Å²) in [6, 6.07) is 0.274. The molecule has 4 N–H and O–H groups in total. The number of aliphatic hydroxyl groups excluding tert-OH is 1. The van der Waals surface area contributed by atoms with Gasteiger partial charge in [-0.25, -0.2) is 0 Å². The van der Waals surface area contributed by atoms with Crippen LogP contribution in [0.3, 0.4) is 0 Å². The maximum atomic E-state index is 9.27.